The van der Waals surface area contributed by atoms with E-state index in [2.05, 4.69) is 5.18 Å². The second-order valence-corrected chi connectivity index (χ2v) is 15.1. The third-order valence-corrected chi connectivity index (χ3v) is 10.1. The normalized spacial score (nSPS) is 10.7. The van der Waals surface area contributed by atoms with Crippen LogP contribution in [0.25, 0.3) is 23.3 Å². The lowest BCUT2D eigenvalue weighted by molar-refractivity contribution is -0.384. The molecule has 0 bridgehead atoms. The maximum absolute atomic E-state index is 12.9. The predicted octanol–water partition coefficient (Wildman–Crippen LogP) is 11.0. The Bertz CT molecular complexity index is 3010. The van der Waals surface area contributed by atoms with Crippen LogP contribution in [0.15, 0.2) is 151 Å². The number of nitro groups is 1. The van der Waals surface area contributed by atoms with E-state index >= 15 is 0 Å². The van der Waals surface area contributed by atoms with E-state index in [4.69, 9.17) is 38.9 Å². The van der Waals surface area contributed by atoms with Gasteiger partial charge in [0, 0.05) is 42.7 Å². The van der Waals surface area contributed by atoms with Gasteiger partial charge in [-0.2, -0.15) is 10.5 Å². The van der Waals surface area contributed by atoms with Gasteiger partial charge in [0.1, 0.15) is 41.9 Å². The largest absolute Gasteiger partial charge is 0.494 e. The summed E-state index contributed by atoms with van der Waals surface area (Å²) in [6.45, 7) is 0.0240. The van der Waals surface area contributed by atoms with Crippen molar-refractivity contribution in [3.05, 3.63) is 194 Å². The fourth-order valence-corrected chi connectivity index (χ4v) is 6.50. The van der Waals surface area contributed by atoms with Gasteiger partial charge in [-0.25, -0.2) is 19.2 Å². The third-order valence-electron chi connectivity index (χ3n) is 10.1. The molecule has 6 aromatic rings. The van der Waals surface area contributed by atoms with Crippen LogP contribution in [-0.4, -0.2) is 42.0 Å². The second-order valence-electron chi connectivity index (χ2n) is 15.1. The molecule has 0 aliphatic carbocycles. The summed E-state index contributed by atoms with van der Waals surface area (Å²) >= 11 is 0. The van der Waals surface area contributed by atoms with Crippen molar-refractivity contribution in [1.29, 1.82) is 10.5 Å². The minimum atomic E-state index is -0.773. The molecule has 0 atom stereocenters. The van der Waals surface area contributed by atoms with E-state index in [9.17, 15) is 34.2 Å². The standard InChI is InChI=1S/C54H42N4O13/c55-29-1-3-31-66-45-21-11-39(12-22-45)53(61)70-47-17-5-37(6-18-47)9-27-51(59)68-35-41-33-43(57-63)15-25-49(41)50-26-16-44(58(64)65)34-42(50)36-69-52(60)28-10-38-7-19-48(20-8-38)71-54(62)40-13-23-46(24-14-40)67-32-4-2-30-56/h5-28,33-34H,1-4,31-32,35-36H2/b27-9+,28-10+. The molecule has 0 aliphatic rings. The molecule has 0 saturated carbocycles. The lowest BCUT2D eigenvalue weighted by Gasteiger charge is -2.14. The van der Waals surface area contributed by atoms with Gasteiger partial charge in [-0.1, -0.05) is 30.3 Å². The Morgan fingerprint density at radius 3 is 1.41 bits per heavy atom. The van der Waals surface area contributed by atoms with Crippen molar-refractivity contribution in [2.45, 2.75) is 38.9 Å². The molecule has 0 aliphatic heterocycles. The molecule has 0 saturated heterocycles. The van der Waals surface area contributed by atoms with Gasteiger partial charge >= 0.3 is 23.9 Å². The number of non-ortho nitro benzene ring substituents is 1. The van der Waals surface area contributed by atoms with Crippen molar-refractivity contribution >= 4 is 47.4 Å². The van der Waals surface area contributed by atoms with E-state index in [0.29, 0.717) is 89.3 Å². The minimum absolute atomic E-state index is 0.0257. The zero-order valence-corrected chi connectivity index (χ0v) is 37.8. The number of nitrogens with zero attached hydrogens (tertiary/aromatic N) is 4. The molecule has 17 nitrogen and oxygen atoms in total. The van der Waals surface area contributed by atoms with Crippen LogP contribution in [0.1, 0.15) is 68.7 Å². The van der Waals surface area contributed by atoms with Crippen LogP contribution in [0, 0.1) is 37.7 Å². The Balaban J connectivity index is 1.04. The molecule has 356 valence electrons. The quantitative estimate of drug-likeness (QED) is 0.0110. The molecule has 71 heavy (non-hydrogen) atoms. The summed E-state index contributed by atoms with van der Waals surface area (Å²) in [6.07, 6.45) is 7.24. The molecule has 0 N–H and O–H groups in total. The molecule has 0 fully saturated rings. The number of carbonyl (C=O) groups excluding carboxylic acids is 4. The molecule has 0 unspecified atom stereocenters. The van der Waals surface area contributed by atoms with Gasteiger partial charge in [-0.15, -0.1) is 4.91 Å². The average molecular weight is 955 g/mol. The van der Waals surface area contributed by atoms with Crippen molar-refractivity contribution < 1.29 is 52.5 Å². The van der Waals surface area contributed by atoms with Crippen LogP contribution in [-0.2, 0) is 32.3 Å². The van der Waals surface area contributed by atoms with E-state index in [1.165, 1.54) is 54.6 Å². The minimum Gasteiger partial charge on any atom is -0.494 e. The highest BCUT2D eigenvalue weighted by Gasteiger charge is 2.18. The maximum Gasteiger partial charge on any atom is 0.343 e. The predicted molar refractivity (Wildman–Crippen MR) is 258 cm³/mol. The van der Waals surface area contributed by atoms with Crippen LogP contribution < -0.4 is 18.9 Å². The number of hydrogen-bond donors (Lipinski definition) is 0. The average Bonchev–Trinajstić information content (AvgIpc) is 3.39. The molecule has 0 heterocycles. The van der Waals surface area contributed by atoms with Gasteiger partial charge < -0.3 is 28.4 Å². The fraction of sp³-hybridized carbons (Fsp3) is 0.148. The maximum atomic E-state index is 12.9. The molecular weight excluding hydrogens is 913 g/mol. The van der Waals surface area contributed by atoms with Gasteiger partial charge in [0.2, 0.25) is 0 Å². The first-order chi connectivity index (χ1) is 34.5. The zero-order valence-electron chi connectivity index (χ0n) is 37.8. The van der Waals surface area contributed by atoms with E-state index in [1.807, 2.05) is 12.1 Å². The summed E-state index contributed by atoms with van der Waals surface area (Å²) in [6, 6.07) is 37.9. The summed E-state index contributed by atoms with van der Waals surface area (Å²) in [5, 5.41) is 32.1. The molecule has 0 aromatic heterocycles. The molecule has 0 amide bonds. The van der Waals surface area contributed by atoms with Crippen molar-refractivity contribution in [3.8, 4) is 46.3 Å². The summed E-state index contributed by atoms with van der Waals surface area (Å²) in [4.78, 5) is 73.9. The summed E-state index contributed by atoms with van der Waals surface area (Å²) in [5.41, 5.74) is 2.88. The van der Waals surface area contributed by atoms with Crippen molar-refractivity contribution in [2.75, 3.05) is 13.2 Å². The first-order valence-electron chi connectivity index (χ1n) is 21.8. The summed E-state index contributed by atoms with van der Waals surface area (Å²) in [5.74, 6) is -1.06. The molecule has 6 rings (SSSR count). The zero-order chi connectivity index (χ0) is 50.4. The number of rotatable bonds is 23. The van der Waals surface area contributed by atoms with Crippen molar-refractivity contribution in [1.82, 2.24) is 0 Å². The Hall–Kier alpha value is -9.74. The van der Waals surface area contributed by atoms with E-state index in [0.717, 1.165) is 6.08 Å². The lowest BCUT2D eigenvalue weighted by atomic mass is 9.95. The van der Waals surface area contributed by atoms with Crippen LogP contribution in [0.4, 0.5) is 11.4 Å². The number of carbonyl (C=O) groups is 4. The van der Waals surface area contributed by atoms with Crippen LogP contribution >= 0.6 is 0 Å². The third kappa shape index (κ3) is 15.7. The Morgan fingerprint density at radius 2 is 0.986 bits per heavy atom. The molecule has 0 spiro atoms. The van der Waals surface area contributed by atoms with Crippen LogP contribution in [0.2, 0.25) is 0 Å². The van der Waals surface area contributed by atoms with Gasteiger partial charge in [-0.3, -0.25) is 10.1 Å². The van der Waals surface area contributed by atoms with Crippen LogP contribution in [0.5, 0.6) is 23.0 Å². The number of hydrogen-bond acceptors (Lipinski definition) is 16. The molecular formula is C54H42N4O13. The number of unbranched alkanes of at least 4 members (excludes halogenated alkanes) is 2. The smallest absolute Gasteiger partial charge is 0.343 e. The van der Waals surface area contributed by atoms with Gasteiger partial charge in [0.05, 0.1) is 41.4 Å². The van der Waals surface area contributed by atoms with Crippen molar-refractivity contribution in [3.63, 3.8) is 0 Å². The number of nitriles is 2. The van der Waals surface area contributed by atoms with Gasteiger partial charge in [-0.05, 0) is 149 Å². The molecule has 0 radical (unpaired) electrons. The Kier molecular flexibility index (Phi) is 18.5. The first-order valence-corrected chi connectivity index (χ1v) is 21.8. The molecule has 17 heteroatoms. The van der Waals surface area contributed by atoms with E-state index < -0.39 is 35.4 Å². The SMILES string of the molecule is N#CCCCOc1ccc(C(=O)Oc2ccc(/C=C/C(=O)OCc3cc(N=O)ccc3-c3ccc([N+](=O)[O-])cc3COC(=O)/C=C/c3ccc(OC(=O)c4ccc(OCCCC#N)cc4)cc3)cc2)cc1. The Labute approximate surface area is 406 Å². The summed E-state index contributed by atoms with van der Waals surface area (Å²) in [7, 11) is 0. The topological polar surface area (TPSA) is 244 Å². The monoisotopic (exact) mass is 954 g/mol. The number of esters is 4. The van der Waals surface area contributed by atoms with Crippen molar-refractivity contribution in [2.24, 2.45) is 5.18 Å². The van der Waals surface area contributed by atoms with E-state index in [1.54, 1.807) is 97.1 Å². The lowest BCUT2D eigenvalue weighted by Crippen LogP contribution is -2.08. The van der Waals surface area contributed by atoms with E-state index in [-0.39, 0.29) is 35.0 Å². The molecule has 6 aromatic carbocycles. The van der Waals surface area contributed by atoms with Gasteiger partial charge in [0.25, 0.3) is 5.69 Å². The fourth-order valence-electron chi connectivity index (χ4n) is 6.50. The highest BCUT2D eigenvalue weighted by molar-refractivity contribution is 5.92. The first kappa shape index (κ1) is 50.7. The van der Waals surface area contributed by atoms with Crippen LogP contribution in [0.3, 0.4) is 0 Å². The number of ether oxygens (including phenoxy) is 6. The van der Waals surface area contributed by atoms with Gasteiger partial charge in [0.15, 0.2) is 0 Å². The number of nitroso groups, excluding NO2 is 1. The highest BCUT2D eigenvalue weighted by atomic mass is 16.6. The highest BCUT2D eigenvalue weighted by Crippen LogP contribution is 2.34. The Morgan fingerprint density at radius 1 is 0.563 bits per heavy atom. The number of benzene rings is 6. The number of nitro benzene ring substituents is 1. The summed E-state index contributed by atoms with van der Waals surface area (Å²) < 4.78 is 33.0. The second kappa shape index (κ2) is 26.0.